The highest BCUT2D eigenvalue weighted by Gasteiger charge is 2.75. The molecule has 232 valence electrons. The van der Waals surface area contributed by atoms with Crippen LogP contribution in [0.25, 0.3) is 0 Å². The Balaban J connectivity index is 2.05. The lowest BCUT2D eigenvalue weighted by Gasteiger charge is -2.47. The SMILES string of the molecule is C=CCCCCOC(=O)[C@@H]1[C@@H]2CCC3(S2)C(C(=O)N(CC=C)C(C)(C)CC(C)(C)C)N([C@@H](CO)[C@@H](C)CC)C(=O)[C@H]13. The topological polar surface area (TPSA) is 87.2 Å². The number of thioether (sulfide) groups is 1. The standard InChI is InChI=1S/C33H54N2O5S/c1-10-13-14-15-19-40-30(39)25-24-16-17-33(41-24)26(25)28(37)35(23(20-36)22(4)12-3)27(33)29(38)34(18-11-2)32(8,9)21-31(5,6)7/h10-11,22-27,36H,1-2,12-21H2,3-9H3/t22-,23-,24-,25+,26-,27?,33?/m0/s1. The molecule has 41 heavy (non-hydrogen) atoms. The maximum absolute atomic E-state index is 14.9. The number of carbonyl (C=O) groups is 3. The van der Waals surface area contributed by atoms with Crippen LogP contribution in [0.15, 0.2) is 25.3 Å². The molecule has 0 aromatic rings. The average Bonchev–Trinajstić information content (AvgIpc) is 3.53. The molecule has 8 heteroatoms. The highest BCUT2D eigenvalue weighted by Crippen LogP contribution is 2.67. The number of hydrogen-bond donors (Lipinski definition) is 1. The van der Waals surface area contributed by atoms with Crippen LogP contribution in [0.4, 0.5) is 0 Å². The van der Waals surface area contributed by atoms with Crippen LogP contribution in [0.2, 0.25) is 0 Å². The number of aliphatic hydroxyl groups excluding tert-OH is 1. The second kappa shape index (κ2) is 13.2. The molecule has 2 bridgehead atoms. The normalized spacial score (nSPS) is 28.8. The number of esters is 1. The Bertz CT molecular complexity index is 991. The van der Waals surface area contributed by atoms with Gasteiger partial charge in [-0.25, -0.2) is 0 Å². The summed E-state index contributed by atoms with van der Waals surface area (Å²) in [7, 11) is 0. The van der Waals surface area contributed by atoms with Crippen LogP contribution in [0.5, 0.6) is 0 Å². The van der Waals surface area contributed by atoms with Crippen molar-refractivity contribution in [2.75, 3.05) is 19.8 Å². The van der Waals surface area contributed by atoms with Gasteiger partial charge >= 0.3 is 5.97 Å². The summed E-state index contributed by atoms with van der Waals surface area (Å²) in [6.45, 7) is 22.9. The average molecular weight is 591 g/mol. The van der Waals surface area contributed by atoms with Gasteiger partial charge in [-0.15, -0.1) is 24.9 Å². The monoisotopic (exact) mass is 590 g/mol. The van der Waals surface area contributed by atoms with Crippen LogP contribution >= 0.6 is 11.8 Å². The molecule has 2 unspecified atom stereocenters. The Labute approximate surface area is 252 Å². The van der Waals surface area contributed by atoms with Crippen molar-refractivity contribution in [1.82, 2.24) is 9.80 Å². The van der Waals surface area contributed by atoms with E-state index >= 15 is 0 Å². The molecule has 0 aromatic heterocycles. The van der Waals surface area contributed by atoms with Crippen molar-refractivity contribution in [3.8, 4) is 0 Å². The van der Waals surface area contributed by atoms with Gasteiger partial charge in [-0.1, -0.05) is 53.2 Å². The number of likely N-dealkylation sites (tertiary alicyclic amines) is 1. The number of allylic oxidation sites excluding steroid dienone is 1. The Morgan fingerprint density at radius 2 is 1.90 bits per heavy atom. The van der Waals surface area contributed by atoms with Gasteiger partial charge in [0.25, 0.3) is 0 Å². The molecule has 2 amide bonds. The Kier molecular flexibility index (Phi) is 10.9. The molecule has 3 fully saturated rings. The summed E-state index contributed by atoms with van der Waals surface area (Å²) in [6.07, 6.45) is 9.10. The molecular weight excluding hydrogens is 536 g/mol. The van der Waals surface area contributed by atoms with Gasteiger partial charge in [0.15, 0.2) is 0 Å². The maximum atomic E-state index is 14.9. The zero-order chi connectivity index (χ0) is 30.8. The van der Waals surface area contributed by atoms with E-state index in [2.05, 4.69) is 47.8 Å². The minimum Gasteiger partial charge on any atom is -0.465 e. The zero-order valence-corrected chi connectivity index (χ0v) is 27.3. The molecule has 0 saturated carbocycles. The highest BCUT2D eigenvalue weighted by atomic mass is 32.2. The van der Waals surface area contributed by atoms with E-state index in [1.807, 2.05) is 24.8 Å². The molecule has 7 nitrogen and oxygen atoms in total. The molecule has 7 atom stereocenters. The first-order chi connectivity index (χ1) is 19.2. The maximum Gasteiger partial charge on any atom is 0.310 e. The minimum absolute atomic E-state index is 0.0117. The van der Waals surface area contributed by atoms with Gasteiger partial charge < -0.3 is 19.6 Å². The zero-order valence-electron chi connectivity index (χ0n) is 26.5. The van der Waals surface area contributed by atoms with Crippen LogP contribution in [0, 0.1) is 23.2 Å². The van der Waals surface area contributed by atoms with Gasteiger partial charge in [-0.3, -0.25) is 14.4 Å². The summed E-state index contributed by atoms with van der Waals surface area (Å²) in [5, 5.41) is 10.6. The summed E-state index contributed by atoms with van der Waals surface area (Å²) in [5.41, 5.74) is -0.524. The summed E-state index contributed by atoms with van der Waals surface area (Å²) >= 11 is 1.65. The van der Waals surface area contributed by atoms with E-state index in [-0.39, 0.29) is 41.0 Å². The third-order valence-corrected chi connectivity index (χ3v) is 11.4. The number of aliphatic hydroxyl groups is 1. The number of rotatable bonds is 15. The summed E-state index contributed by atoms with van der Waals surface area (Å²) < 4.78 is 5.03. The predicted octanol–water partition coefficient (Wildman–Crippen LogP) is 5.61. The Morgan fingerprint density at radius 3 is 2.46 bits per heavy atom. The van der Waals surface area contributed by atoms with Crippen LogP contribution in [0.1, 0.15) is 93.4 Å². The largest absolute Gasteiger partial charge is 0.465 e. The number of carbonyl (C=O) groups excluding carboxylic acids is 3. The van der Waals surface area contributed by atoms with E-state index in [4.69, 9.17) is 4.74 Å². The fraction of sp³-hybridized carbons (Fsp3) is 0.788. The first-order valence-electron chi connectivity index (χ1n) is 15.5. The molecule has 3 aliphatic heterocycles. The van der Waals surface area contributed by atoms with E-state index in [0.717, 1.165) is 38.5 Å². The molecule has 0 aliphatic carbocycles. The lowest BCUT2D eigenvalue weighted by atomic mass is 9.71. The minimum atomic E-state index is -0.759. The number of fused-ring (bicyclic) bond motifs is 1. The predicted molar refractivity (Wildman–Crippen MR) is 166 cm³/mol. The molecule has 1 spiro atoms. The number of unbranched alkanes of at least 4 members (excludes halogenated alkanes) is 2. The first kappa shape index (κ1) is 33.7. The van der Waals surface area contributed by atoms with Crippen molar-refractivity contribution in [3.63, 3.8) is 0 Å². The summed E-state index contributed by atoms with van der Waals surface area (Å²) in [6, 6.07) is -1.27. The van der Waals surface area contributed by atoms with Gasteiger partial charge in [0, 0.05) is 17.3 Å². The van der Waals surface area contributed by atoms with Gasteiger partial charge in [0.1, 0.15) is 6.04 Å². The van der Waals surface area contributed by atoms with Crippen molar-refractivity contribution in [3.05, 3.63) is 25.3 Å². The second-order valence-electron chi connectivity index (χ2n) is 14.2. The van der Waals surface area contributed by atoms with Crippen molar-refractivity contribution in [1.29, 1.82) is 0 Å². The third-order valence-electron chi connectivity index (χ3n) is 9.41. The third kappa shape index (κ3) is 6.58. The second-order valence-corrected chi connectivity index (χ2v) is 15.8. The smallest absolute Gasteiger partial charge is 0.310 e. The number of amides is 2. The first-order valence-corrected chi connectivity index (χ1v) is 16.4. The number of hydrogen-bond acceptors (Lipinski definition) is 6. The van der Waals surface area contributed by atoms with Gasteiger partial charge in [-0.05, 0) is 63.7 Å². The molecule has 3 heterocycles. The lowest BCUT2D eigenvalue weighted by molar-refractivity contribution is -0.155. The van der Waals surface area contributed by atoms with Crippen molar-refractivity contribution in [2.45, 2.75) is 121 Å². The number of nitrogens with zero attached hydrogens (tertiary/aromatic N) is 2. The van der Waals surface area contributed by atoms with E-state index in [9.17, 15) is 19.5 Å². The van der Waals surface area contributed by atoms with Crippen LogP contribution in [0.3, 0.4) is 0 Å². The van der Waals surface area contributed by atoms with Gasteiger partial charge in [-0.2, -0.15) is 0 Å². The molecule has 0 aromatic carbocycles. The Morgan fingerprint density at radius 1 is 1.22 bits per heavy atom. The molecule has 3 rings (SSSR count). The van der Waals surface area contributed by atoms with E-state index in [0.29, 0.717) is 19.6 Å². The summed E-state index contributed by atoms with van der Waals surface area (Å²) in [4.78, 5) is 46.5. The fourth-order valence-corrected chi connectivity index (χ4v) is 9.96. The van der Waals surface area contributed by atoms with Crippen LogP contribution < -0.4 is 0 Å². The van der Waals surface area contributed by atoms with E-state index in [1.54, 1.807) is 22.7 Å². The fourth-order valence-electron chi connectivity index (χ4n) is 7.77. The van der Waals surface area contributed by atoms with Crippen molar-refractivity contribution < 1.29 is 24.2 Å². The Hall–Kier alpha value is -1.80. The van der Waals surface area contributed by atoms with Crippen molar-refractivity contribution in [2.24, 2.45) is 23.2 Å². The highest BCUT2D eigenvalue weighted by molar-refractivity contribution is 8.02. The quantitative estimate of drug-likeness (QED) is 0.152. The van der Waals surface area contributed by atoms with Gasteiger partial charge in [0.05, 0.1) is 35.8 Å². The van der Waals surface area contributed by atoms with E-state index in [1.165, 1.54) is 0 Å². The molecule has 0 radical (unpaired) electrons. The molecule has 3 saturated heterocycles. The van der Waals surface area contributed by atoms with Crippen LogP contribution in [-0.2, 0) is 19.1 Å². The summed E-state index contributed by atoms with van der Waals surface area (Å²) in [5.74, 6) is -1.83. The van der Waals surface area contributed by atoms with Crippen molar-refractivity contribution >= 4 is 29.5 Å². The van der Waals surface area contributed by atoms with Crippen LogP contribution in [-0.4, -0.2) is 80.1 Å². The molecule has 1 N–H and O–H groups in total. The number of ether oxygens (including phenoxy) is 1. The van der Waals surface area contributed by atoms with E-state index < -0.39 is 34.2 Å². The molecular formula is C33H54N2O5S. The molecule has 3 aliphatic rings. The lowest BCUT2D eigenvalue weighted by Crippen LogP contribution is -2.62. The van der Waals surface area contributed by atoms with Gasteiger partial charge in [0.2, 0.25) is 11.8 Å².